The van der Waals surface area contributed by atoms with Gasteiger partial charge in [-0.2, -0.15) is 10.5 Å². The summed E-state index contributed by atoms with van der Waals surface area (Å²) < 4.78 is 19.3. The van der Waals surface area contributed by atoms with Gasteiger partial charge in [0.1, 0.15) is 34.1 Å². The number of phenolic OH excluding ortho intramolecular Hbond substituents is 1. The number of halogens is 1. The zero-order chi connectivity index (χ0) is 26.4. The first-order valence-corrected chi connectivity index (χ1v) is 12.3. The number of nitriles is 2. The van der Waals surface area contributed by atoms with E-state index in [4.69, 9.17) is 15.3 Å². The van der Waals surface area contributed by atoms with Crippen molar-refractivity contribution in [3.63, 3.8) is 0 Å². The minimum absolute atomic E-state index is 0.107. The Hall–Kier alpha value is -4.48. The van der Waals surface area contributed by atoms with Gasteiger partial charge in [0.15, 0.2) is 0 Å². The van der Waals surface area contributed by atoms with Gasteiger partial charge >= 0.3 is 6.09 Å². The fourth-order valence-electron chi connectivity index (χ4n) is 4.00. The average Bonchev–Trinajstić information content (AvgIpc) is 3.56. The predicted molar refractivity (Wildman–Crippen MR) is 132 cm³/mol. The number of aromatic hydroxyl groups is 1. The van der Waals surface area contributed by atoms with E-state index in [0.29, 0.717) is 23.1 Å². The van der Waals surface area contributed by atoms with Crippen molar-refractivity contribution in [1.82, 2.24) is 15.2 Å². The van der Waals surface area contributed by atoms with Crippen molar-refractivity contribution in [2.24, 2.45) is 0 Å². The van der Waals surface area contributed by atoms with Crippen LogP contribution in [0.3, 0.4) is 0 Å². The van der Waals surface area contributed by atoms with Gasteiger partial charge in [0.05, 0.1) is 35.0 Å². The van der Waals surface area contributed by atoms with Gasteiger partial charge in [-0.15, -0.1) is 11.3 Å². The Kier molecular flexibility index (Phi) is 7.96. The molecular formula is C26H22FN5O4S. The molecule has 2 aromatic carbocycles. The van der Waals surface area contributed by atoms with Crippen LogP contribution in [0.2, 0.25) is 0 Å². The van der Waals surface area contributed by atoms with Crippen LogP contribution in [0.1, 0.15) is 45.6 Å². The SMILES string of the molecule is N#Cc1ccc(CNC(=O)c2cc(O)c(-c3ncc(C#N)s3)cc2F)cc1.O=C1OCC2CCCCN12. The van der Waals surface area contributed by atoms with Crippen molar-refractivity contribution in [3.8, 4) is 28.5 Å². The molecule has 3 aromatic rings. The molecule has 2 amide bonds. The predicted octanol–water partition coefficient (Wildman–Crippen LogP) is 4.32. The molecule has 9 nitrogen and oxygen atoms in total. The molecule has 5 rings (SSSR count). The number of rotatable bonds is 4. The van der Waals surface area contributed by atoms with Crippen LogP contribution >= 0.6 is 11.3 Å². The molecule has 188 valence electrons. The zero-order valence-corrected chi connectivity index (χ0v) is 20.4. The highest BCUT2D eigenvalue weighted by molar-refractivity contribution is 7.15. The molecule has 0 spiro atoms. The van der Waals surface area contributed by atoms with E-state index in [9.17, 15) is 19.1 Å². The third kappa shape index (κ3) is 6.02. The number of benzene rings is 2. The molecule has 37 heavy (non-hydrogen) atoms. The number of thiazole rings is 1. The number of aromatic nitrogens is 1. The minimum atomic E-state index is -0.811. The number of nitrogens with one attached hydrogen (secondary N) is 1. The largest absolute Gasteiger partial charge is 0.507 e. The lowest BCUT2D eigenvalue weighted by atomic mass is 10.0. The fraction of sp³-hybridized carbons (Fsp3) is 0.269. The Morgan fingerprint density at radius 2 is 2.03 bits per heavy atom. The topological polar surface area (TPSA) is 139 Å². The van der Waals surface area contributed by atoms with E-state index in [0.717, 1.165) is 48.4 Å². The second-order valence-electron chi connectivity index (χ2n) is 8.40. The van der Waals surface area contributed by atoms with Gasteiger partial charge in [0, 0.05) is 13.1 Å². The van der Waals surface area contributed by atoms with Gasteiger partial charge in [0.2, 0.25) is 0 Å². The number of carbonyl (C=O) groups excluding carboxylic acids is 2. The molecule has 2 aliphatic rings. The van der Waals surface area contributed by atoms with Crippen LogP contribution < -0.4 is 5.32 Å². The Balaban J connectivity index is 0.000000265. The molecule has 0 aliphatic carbocycles. The maximum Gasteiger partial charge on any atom is 0.410 e. The summed E-state index contributed by atoms with van der Waals surface area (Å²) in [4.78, 5) is 29.3. The second-order valence-corrected chi connectivity index (χ2v) is 9.43. The van der Waals surface area contributed by atoms with Crippen LogP contribution in [0.15, 0.2) is 42.6 Å². The summed E-state index contributed by atoms with van der Waals surface area (Å²) in [5.41, 5.74) is 1.05. The molecular weight excluding hydrogens is 497 g/mol. The number of hydrogen-bond donors (Lipinski definition) is 2. The summed E-state index contributed by atoms with van der Waals surface area (Å²) in [6, 6.07) is 13.0. The summed E-state index contributed by atoms with van der Waals surface area (Å²) in [5, 5.41) is 30.6. The third-order valence-electron chi connectivity index (χ3n) is 5.97. The smallest absolute Gasteiger partial charge is 0.410 e. The standard InChI is InChI=1S/C19H11FN4O2S.C7H11NO2/c20-16-5-15(19-24-10-13(8-22)27-19)17(25)6-14(16)18(26)23-9-12-3-1-11(7-21)2-4-12;9-7-8-4-2-1-3-6(8)5-10-7/h1-6,10,25H,9H2,(H,23,26);6H,1-5H2. The zero-order valence-electron chi connectivity index (χ0n) is 19.6. The molecule has 1 atom stereocenters. The number of fused-ring (bicyclic) bond motifs is 1. The van der Waals surface area contributed by atoms with E-state index >= 15 is 0 Å². The Bertz CT molecular complexity index is 1390. The van der Waals surface area contributed by atoms with E-state index in [2.05, 4.69) is 10.3 Å². The molecule has 2 N–H and O–H groups in total. The van der Waals surface area contributed by atoms with Gasteiger partial charge in [-0.1, -0.05) is 12.1 Å². The van der Waals surface area contributed by atoms with Crippen LogP contribution in [0.25, 0.3) is 10.6 Å². The summed E-state index contributed by atoms with van der Waals surface area (Å²) >= 11 is 1.01. The van der Waals surface area contributed by atoms with Gasteiger partial charge in [0.25, 0.3) is 5.91 Å². The fourth-order valence-corrected chi connectivity index (χ4v) is 4.73. The maximum atomic E-state index is 14.4. The normalized spacial score (nSPS) is 15.9. The Morgan fingerprint density at radius 3 is 2.70 bits per heavy atom. The highest BCUT2D eigenvalue weighted by atomic mass is 32.1. The lowest BCUT2D eigenvalue weighted by molar-refractivity contribution is 0.0946. The molecule has 2 aliphatic heterocycles. The van der Waals surface area contributed by atoms with Gasteiger partial charge in [-0.25, -0.2) is 14.2 Å². The number of hydrogen-bond acceptors (Lipinski definition) is 8. The number of cyclic esters (lactones) is 1. The lowest BCUT2D eigenvalue weighted by Crippen LogP contribution is -2.37. The van der Waals surface area contributed by atoms with E-state index < -0.39 is 11.7 Å². The molecule has 0 bridgehead atoms. The van der Waals surface area contributed by atoms with E-state index in [-0.39, 0.29) is 34.5 Å². The first-order chi connectivity index (χ1) is 17.9. The number of carbonyl (C=O) groups is 2. The molecule has 3 heterocycles. The van der Waals surface area contributed by atoms with Crippen LogP contribution in [0.5, 0.6) is 5.75 Å². The summed E-state index contributed by atoms with van der Waals surface area (Å²) in [6.07, 6.45) is 4.75. The molecule has 11 heteroatoms. The molecule has 0 radical (unpaired) electrons. The van der Waals surface area contributed by atoms with Crippen molar-refractivity contribution in [3.05, 3.63) is 70.0 Å². The van der Waals surface area contributed by atoms with Crippen molar-refractivity contribution in [1.29, 1.82) is 10.5 Å². The highest BCUT2D eigenvalue weighted by Crippen LogP contribution is 2.34. The maximum absolute atomic E-state index is 14.4. The first kappa shape index (κ1) is 25.6. The third-order valence-corrected chi connectivity index (χ3v) is 6.91. The lowest BCUT2D eigenvalue weighted by Gasteiger charge is -2.25. The Labute approximate surface area is 216 Å². The summed E-state index contributed by atoms with van der Waals surface area (Å²) in [7, 11) is 0. The van der Waals surface area contributed by atoms with E-state index in [1.54, 1.807) is 24.3 Å². The number of piperidine rings is 1. The van der Waals surface area contributed by atoms with Gasteiger partial charge < -0.3 is 20.1 Å². The van der Waals surface area contributed by atoms with Crippen LogP contribution in [0, 0.1) is 28.5 Å². The molecule has 2 saturated heterocycles. The average molecular weight is 520 g/mol. The monoisotopic (exact) mass is 519 g/mol. The van der Waals surface area contributed by atoms with Crippen LogP contribution in [-0.4, -0.2) is 46.2 Å². The molecule has 1 unspecified atom stereocenters. The number of amides is 2. The van der Waals surface area contributed by atoms with Gasteiger partial charge in [-0.05, 0) is 49.1 Å². The first-order valence-electron chi connectivity index (χ1n) is 11.5. The molecule has 2 fully saturated rings. The van der Waals surface area contributed by atoms with Gasteiger partial charge in [-0.3, -0.25) is 4.79 Å². The summed E-state index contributed by atoms with van der Waals surface area (Å²) in [6.45, 7) is 1.67. The number of ether oxygens (including phenoxy) is 1. The highest BCUT2D eigenvalue weighted by Gasteiger charge is 2.34. The number of phenols is 1. The van der Waals surface area contributed by atoms with Crippen molar-refractivity contribution in [2.75, 3.05) is 13.2 Å². The van der Waals surface area contributed by atoms with Crippen molar-refractivity contribution < 1.29 is 23.8 Å². The quantitative estimate of drug-likeness (QED) is 0.523. The minimum Gasteiger partial charge on any atom is -0.507 e. The second kappa shape index (κ2) is 11.5. The van der Waals surface area contributed by atoms with E-state index in [1.807, 2.05) is 17.0 Å². The van der Waals surface area contributed by atoms with Crippen LogP contribution in [0.4, 0.5) is 9.18 Å². The summed E-state index contributed by atoms with van der Waals surface area (Å²) in [5.74, 6) is -1.80. The van der Waals surface area contributed by atoms with Crippen molar-refractivity contribution in [2.45, 2.75) is 31.8 Å². The molecule has 0 saturated carbocycles. The van der Waals surface area contributed by atoms with Crippen molar-refractivity contribution >= 4 is 23.3 Å². The Morgan fingerprint density at radius 1 is 1.24 bits per heavy atom. The van der Waals surface area contributed by atoms with Crippen LogP contribution in [-0.2, 0) is 11.3 Å². The molecule has 1 aromatic heterocycles. The van der Waals surface area contributed by atoms with E-state index in [1.165, 1.54) is 12.6 Å². The number of nitrogens with zero attached hydrogens (tertiary/aromatic N) is 4.